The van der Waals surface area contributed by atoms with Gasteiger partial charge in [-0.05, 0) is 18.9 Å². The lowest BCUT2D eigenvalue weighted by atomic mass is 9.95. The first-order chi connectivity index (χ1) is 9.33. The molecule has 1 aromatic carbocycles. The number of carbonyl (C=O) groups excluding carboxylic acids is 1. The summed E-state index contributed by atoms with van der Waals surface area (Å²) < 4.78 is 42.8. The maximum Gasteiger partial charge on any atom is 0.390 e. The van der Waals surface area contributed by atoms with Gasteiger partial charge in [-0.3, -0.25) is 4.79 Å². The molecular formula is C15H19F3O2. The van der Waals surface area contributed by atoms with Gasteiger partial charge in [0.2, 0.25) is 0 Å². The van der Waals surface area contributed by atoms with Gasteiger partial charge in [-0.2, -0.15) is 13.2 Å². The maximum absolute atomic E-state index is 12.6. The number of carbonyl (C=O) groups is 1. The molecule has 0 aliphatic heterocycles. The average Bonchev–Trinajstić information content (AvgIpc) is 2.36. The molecule has 0 heterocycles. The third-order valence-electron chi connectivity index (χ3n) is 2.94. The second-order valence-corrected chi connectivity index (χ2v) is 4.80. The Morgan fingerprint density at radius 2 is 1.85 bits per heavy atom. The Balaban J connectivity index is 2.84. The summed E-state index contributed by atoms with van der Waals surface area (Å²) >= 11 is 0. The summed E-state index contributed by atoms with van der Waals surface area (Å²) in [6, 6.07) is 6.48. The second-order valence-electron chi connectivity index (χ2n) is 4.80. The van der Waals surface area contributed by atoms with Crippen molar-refractivity contribution in [3.63, 3.8) is 0 Å². The van der Waals surface area contributed by atoms with Crippen LogP contribution in [0.4, 0.5) is 13.2 Å². The number of ether oxygens (including phenoxy) is 1. The molecule has 0 N–H and O–H groups in total. The van der Waals surface area contributed by atoms with Crippen molar-refractivity contribution in [1.29, 1.82) is 0 Å². The number of hydrogen-bond acceptors (Lipinski definition) is 2. The molecule has 0 saturated heterocycles. The van der Waals surface area contributed by atoms with Crippen molar-refractivity contribution in [2.75, 3.05) is 6.61 Å². The van der Waals surface area contributed by atoms with Gasteiger partial charge in [0, 0.05) is 0 Å². The molecule has 20 heavy (non-hydrogen) atoms. The van der Waals surface area contributed by atoms with Crippen LogP contribution in [0.3, 0.4) is 0 Å². The summed E-state index contributed by atoms with van der Waals surface area (Å²) in [5.74, 6) is -2.09. The zero-order valence-corrected chi connectivity index (χ0v) is 11.7. The molecule has 0 saturated carbocycles. The average molecular weight is 288 g/mol. The number of benzene rings is 1. The third-order valence-corrected chi connectivity index (χ3v) is 2.94. The van der Waals surface area contributed by atoms with E-state index in [1.54, 1.807) is 24.3 Å². The highest BCUT2D eigenvalue weighted by molar-refractivity contribution is 5.78. The van der Waals surface area contributed by atoms with Crippen molar-refractivity contribution in [3.8, 4) is 0 Å². The van der Waals surface area contributed by atoms with Gasteiger partial charge in [0.15, 0.2) is 0 Å². The Morgan fingerprint density at radius 3 is 2.35 bits per heavy atom. The number of halogens is 3. The van der Waals surface area contributed by atoms with Crippen molar-refractivity contribution in [3.05, 3.63) is 35.4 Å². The van der Waals surface area contributed by atoms with Gasteiger partial charge in [0.1, 0.15) is 0 Å². The minimum atomic E-state index is -4.40. The van der Waals surface area contributed by atoms with Gasteiger partial charge in [-0.1, -0.05) is 43.2 Å². The van der Waals surface area contributed by atoms with Gasteiger partial charge < -0.3 is 4.74 Å². The number of hydrogen-bond donors (Lipinski definition) is 0. The van der Waals surface area contributed by atoms with E-state index in [9.17, 15) is 18.0 Å². The van der Waals surface area contributed by atoms with Gasteiger partial charge in [-0.25, -0.2) is 0 Å². The van der Waals surface area contributed by atoms with Crippen LogP contribution in [0.5, 0.6) is 0 Å². The molecule has 1 aromatic rings. The highest BCUT2D eigenvalue weighted by Gasteiger charge is 2.37. The Morgan fingerprint density at radius 1 is 1.25 bits per heavy atom. The monoisotopic (exact) mass is 288 g/mol. The van der Waals surface area contributed by atoms with Crippen LogP contribution < -0.4 is 0 Å². The highest BCUT2D eigenvalue weighted by Crippen LogP contribution is 2.32. The zero-order chi connectivity index (χ0) is 15.2. The molecule has 0 spiro atoms. The lowest BCUT2D eigenvalue weighted by Crippen LogP contribution is -2.23. The molecule has 0 radical (unpaired) electrons. The van der Waals surface area contributed by atoms with Crippen LogP contribution in [-0.2, 0) is 9.53 Å². The van der Waals surface area contributed by atoms with Crippen LogP contribution >= 0.6 is 0 Å². The Hall–Kier alpha value is -1.52. The van der Waals surface area contributed by atoms with E-state index in [1.807, 2.05) is 13.8 Å². The lowest BCUT2D eigenvalue weighted by molar-refractivity contribution is -0.161. The quantitative estimate of drug-likeness (QED) is 0.574. The Bertz CT molecular complexity index is 424. The third kappa shape index (κ3) is 5.63. The van der Waals surface area contributed by atoms with Crippen molar-refractivity contribution in [2.24, 2.45) is 0 Å². The number of alkyl halides is 3. The van der Waals surface area contributed by atoms with Gasteiger partial charge in [0.25, 0.3) is 0 Å². The van der Waals surface area contributed by atoms with Crippen LogP contribution in [-0.4, -0.2) is 18.8 Å². The van der Waals surface area contributed by atoms with Crippen molar-refractivity contribution >= 4 is 5.97 Å². The van der Waals surface area contributed by atoms with Crippen LogP contribution in [0.1, 0.15) is 43.2 Å². The molecule has 0 bridgehead atoms. The minimum absolute atomic E-state index is 0.162. The first kappa shape index (κ1) is 16.5. The van der Waals surface area contributed by atoms with Crippen molar-refractivity contribution in [2.45, 2.75) is 45.2 Å². The first-order valence-electron chi connectivity index (χ1n) is 6.63. The van der Waals surface area contributed by atoms with Crippen LogP contribution in [0.15, 0.2) is 24.3 Å². The Labute approximate surface area is 116 Å². The summed E-state index contributed by atoms with van der Waals surface area (Å²) in [6.07, 6.45) is -4.12. The molecule has 2 nitrogen and oxygen atoms in total. The predicted octanol–water partition coefficient (Wildman–Crippen LogP) is 4.37. The minimum Gasteiger partial charge on any atom is -0.465 e. The van der Waals surface area contributed by atoms with E-state index in [1.165, 1.54) is 0 Å². The molecule has 112 valence electrons. The van der Waals surface area contributed by atoms with E-state index in [4.69, 9.17) is 4.74 Å². The van der Waals surface area contributed by atoms with Crippen molar-refractivity contribution in [1.82, 2.24) is 0 Å². The molecule has 5 heteroatoms. The molecule has 1 rings (SSSR count). The fraction of sp³-hybridized carbons (Fsp3) is 0.533. The Kier molecular flexibility index (Phi) is 6.05. The van der Waals surface area contributed by atoms with Crippen LogP contribution in [0.2, 0.25) is 0 Å². The topological polar surface area (TPSA) is 26.3 Å². The predicted molar refractivity (Wildman–Crippen MR) is 70.5 cm³/mol. The lowest BCUT2D eigenvalue weighted by Gasteiger charge is -2.18. The number of rotatable bonds is 6. The summed E-state index contributed by atoms with van der Waals surface area (Å²) in [4.78, 5) is 11.9. The molecule has 0 aliphatic rings. The summed E-state index contributed by atoms with van der Waals surface area (Å²) in [5.41, 5.74) is 1.27. The van der Waals surface area contributed by atoms with E-state index in [2.05, 4.69) is 0 Å². The van der Waals surface area contributed by atoms with Gasteiger partial charge in [0.05, 0.1) is 18.9 Å². The molecule has 0 aromatic heterocycles. The van der Waals surface area contributed by atoms with E-state index in [-0.39, 0.29) is 6.61 Å². The molecule has 1 unspecified atom stereocenters. The fourth-order valence-electron chi connectivity index (χ4n) is 1.79. The number of esters is 1. The maximum atomic E-state index is 12.6. The smallest absolute Gasteiger partial charge is 0.390 e. The van der Waals surface area contributed by atoms with E-state index >= 15 is 0 Å². The summed E-state index contributed by atoms with van der Waals surface area (Å²) in [5, 5.41) is 0. The van der Waals surface area contributed by atoms with E-state index < -0.39 is 24.5 Å². The fourth-order valence-corrected chi connectivity index (χ4v) is 1.79. The summed E-state index contributed by atoms with van der Waals surface area (Å²) in [7, 11) is 0. The highest BCUT2D eigenvalue weighted by atomic mass is 19.4. The number of aryl methyl sites for hydroxylation is 1. The van der Waals surface area contributed by atoms with Gasteiger partial charge in [-0.15, -0.1) is 0 Å². The molecule has 1 atom stereocenters. The standard InChI is InChI=1S/C15H19F3O2/c1-3-4-9-20-14(19)13(10-15(16,17)18)12-7-5-11(2)6-8-12/h5-8,13H,3-4,9-10H2,1-2H3. The van der Waals surface area contributed by atoms with E-state index in [0.29, 0.717) is 12.0 Å². The van der Waals surface area contributed by atoms with Crippen molar-refractivity contribution < 1.29 is 22.7 Å². The second kappa shape index (κ2) is 7.31. The SMILES string of the molecule is CCCCOC(=O)C(CC(F)(F)F)c1ccc(C)cc1. The molecule has 0 amide bonds. The summed E-state index contributed by atoms with van der Waals surface area (Å²) in [6.45, 7) is 3.92. The largest absolute Gasteiger partial charge is 0.465 e. The van der Waals surface area contributed by atoms with Crippen LogP contribution in [0.25, 0.3) is 0 Å². The molecule has 0 aliphatic carbocycles. The first-order valence-corrected chi connectivity index (χ1v) is 6.63. The van der Waals surface area contributed by atoms with Crippen LogP contribution in [0, 0.1) is 6.92 Å². The van der Waals surface area contributed by atoms with E-state index in [0.717, 1.165) is 12.0 Å². The van der Waals surface area contributed by atoms with Gasteiger partial charge >= 0.3 is 12.1 Å². The number of unbranched alkanes of at least 4 members (excludes halogenated alkanes) is 1. The normalized spacial score (nSPS) is 13.1. The molecular weight excluding hydrogens is 269 g/mol. The molecule has 0 fully saturated rings. The zero-order valence-electron chi connectivity index (χ0n) is 11.7.